The quantitative estimate of drug-likeness (QED) is 0.0219. The van der Waals surface area contributed by atoms with Gasteiger partial charge in [0.15, 0.2) is 15.0 Å². The normalized spacial score (nSPS) is 13.4. The summed E-state index contributed by atoms with van der Waals surface area (Å²) in [5, 5.41) is 0. The average Bonchev–Trinajstić information content (AvgIpc) is 3.07. The molecule has 0 amide bonds. The van der Waals surface area contributed by atoms with Crippen molar-refractivity contribution < 1.29 is 290 Å². The van der Waals surface area contributed by atoms with Crippen molar-refractivity contribution in [2.24, 2.45) is 0 Å². The van der Waals surface area contributed by atoms with Crippen LogP contribution in [-0.4, -0.2) is 83.2 Å². The van der Waals surface area contributed by atoms with E-state index in [9.17, 15) is 92.1 Å². The first-order valence-electron chi connectivity index (χ1n) is 24.6. The average molecular weight is 1480 g/mol. The Bertz CT molecular complexity index is 3410. The maximum atomic E-state index is 12.8. The molecular formula is C51H51F9K3O21P3S3. The molecule has 0 saturated heterocycles. The smallest absolute Gasteiger partial charge is 0.747 e. The van der Waals surface area contributed by atoms with E-state index in [0.717, 1.165) is 36.4 Å². The van der Waals surface area contributed by atoms with Crippen LogP contribution in [0.3, 0.4) is 0 Å². The fraction of sp³-hybridized carbons (Fsp3) is 0.294. The van der Waals surface area contributed by atoms with Crippen molar-refractivity contribution >= 4 is 53.1 Å². The van der Waals surface area contributed by atoms with Crippen molar-refractivity contribution in [3.8, 4) is 34.5 Å². The van der Waals surface area contributed by atoms with Crippen molar-refractivity contribution in [3.05, 3.63) is 179 Å². The van der Waals surface area contributed by atoms with E-state index in [1.807, 2.05) is 0 Å². The molecule has 3 atom stereocenters. The molecule has 6 aromatic carbocycles. The minimum atomic E-state index is -5.17. The van der Waals surface area contributed by atoms with Crippen LogP contribution in [0.1, 0.15) is 71.9 Å². The zero-order valence-corrected chi connectivity index (χ0v) is 61.7. The van der Waals surface area contributed by atoms with Crippen LogP contribution in [0.4, 0.5) is 39.5 Å². The molecule has 0 aliphatic rings. The first kappa shape index (κ1) is 87.2. The molecule has 6 aromatic rings. The van der Waals surface area contributed by atoms with Gasteiger partial charge in [0.05, 0.1) is 16.7 Å². The van der Waals surface area contributed by atoms with Crippen molar-refractivity contribution in [2.75, 3.05) is 0 Å². The van der Waals surface area contributed by atoms with Gasteiger partial charge < -0.3 is 57.2 Å². The van der Waals surface area contributed by atoms with Gasteiger partial charge in [0.1, 0.15) is 64.9 Å². The number of ether oxygens (including phenoxy) is 3. The van der Waals surface area contributed by atoms with Gasteiger partial charge in [-0.05, 0) is 165 Å². The molecule has 0 radical (unpaired) electrons. The summed E-state index contributed by atoms with van der Waals surface area (Å²) in [6, 6.07) is 31.5. The van der Waals surface area contributed by atoms with Crippen LogP contribution in [0.2, 0.25) is 0 Å². The summed E-state index contributed by atoms with van der Waals surface area (Å²) in [6.07, 6.45) is -14.7. The van der Waals surface area contributed by atoms with Gasteiger partial charge in [-0.2, -0.15) is 39.5 Å². The molecule has 90 heavy (non-hydrogen) atoms. The summed E-state index contributed by atoms with van der Waals surface area (Å²) >= 11 is 0. The predicted molar refractivity (Wildman–Crippen MR) is 289 cm³/mol. The molecule has 0 aliphatic heterocycles. The fourth-order valence-corrected chi connectivity index (χ4v) is 14.8. The second-order valence-electron chi connectivity index (χ2n) is 18.6. The Morgan fingerprint density at radius 3 is 0.722 bits per heavy atom. The summed E-state index contributed by atoms with van der Waals surface area (Å²) in [4.78, 5) is 47.2. The molecule has 0 heterocycles. The summed E-state index contributed by atoms with van der Waals surface area (Å²) in [7, 11) is -30.8. The monoisotopic (exact) mass is 1480 g/mol. The van der Waals surface area contributed by atoms with Gasteiger partial charge in [0.2, 0.25) is 0 Å². The van der Waals surface area contributed by atoms with E-state index in [4.69, 9.17) is 43.6 Å². The van der Waals surface area contributed by atoms with Crippen molar-refractivity contribution in [1.82, 2.24) is 0 Å². The second-order valence-corrected chi connectivity index (χ2v) is 29.7. The summed E-state index contributed by atoms with van der Waals surface area (Å²) < 4.78 is 264. The van der Waals surface area contributed by atoms with Gasteiger partial charge in [-0.15, -0.1) is 0 Å². The minimum Gasteiger partial charge on any atom is -0.747 e. The van der Waals surface area contributed by atoms with Crippen LogP contribution in [0.5, 0.6) is 34.5 Å². The zero-order valence-electron chi connectivity index (χ0n) is 47.2. The van der Waals surface area contributed by atoms with Crippen LogP contribution in [0.25, 0.3) is 0 Å². The Labute approximate surface area is 638 Å². The fourth-order valence-electron chi connectivity index (χ4n) is 7.79. The molecule has 6 rings (SSSR count). The molecule has 21 nitrogen and oxygen atoms in total. The third kappa shape index (κ3) is 31.6. The van der Waals surface area contributed by atoms with E-state index in [0.29, 0.717) is 16.7 Å². The third-order valence-electron chi connectivity index (χ3n) is 11.8. The van der Waals surface area contributed by atoms with Gasteiger partial charge in [-0.3, -0.25) is 13.7 Å². The first-order chi connectivity index (χ1) is 39.8. The number of halogens is 9. The molecule has 0 bridgehead atoms. The maximum Gasteiger partial charge on any atom is 1.00 e. The zero-order chi connectivity index (χ0) is 65.6. The molecule has 6 N–H and O–H groups in total. The predicted octanol–water partition coefficient (Wildman–Crippen LogP) is 2.62. The Hall–Kier alpha value is -0.821. The van der Waals surface area contributed by atoms with Gasteiger partial charge in [-0.25, -0.2) is 25.3 Å². The Kier molecular flexibility index (Phi) is 36.1. The van der Waals surface area contributed by atoms with Crippen molar-refractivity contribution in [3.63, 3.8) is 0 Å². The van der Waals surface area contributed by atoms with Gasteiger partial charge in [-0.1, -0.05) is 54.6 Å². The Morgan fingerprint density at radius 2 is 0.544 bits per heavy atom. The van der Waals surface area contributed by atoms with E-state index in [1.165, 1.54) is 72.8 Å². The number of hydrogen-bond donors (Lipinski definition) is 6. The molecule has 0 aromatic heterocycles. The number of aryl methyl sites for hydroxylation is 3. The van der Waals surface area contributed by atoms with E-state index in [2.05, 4.69) is 0 Å². The largest absolute Gasteiger partial charge is 1.00 e. The molecule has 0 aliphatic carbocycles. The first-order valence-corrected chi connectivity index (χ1v) is 34.1. The van der Waals surface area contributed by atoms with Gasteiger partial charge in [0, 0.05) is 0 Å². The van der Waals surface area contributed by atoms with E-state index >= 15 is 0 Å². The minimum absolute atomic E-state index is 0. The summed E-state index contributed by atoms with van der Waals surface area (Å²) in [5.74, 6) is 0.586. The molecule has 0 fully saturated rings. The van der Waals surface area contributed by atoms with Crippen LogP contribution in [-0.2, 0) is 81.8 Å². The number of benzene rings is 6. The van der Waals surface area contributed by atoms with E-state index in [-0.39, 0.29) is 227 Å². The van der Waals surface area contributed by atoms with Gasteiger partial charge in [0.25, 0.3) is 0 Å². The molecule has 39 heteroatoms. The third-order valence-corrected chi connectivity index (χ3v) is 22.3. The molecule has 0 saturated carbocycles. The molecule has 480 valence electrons. The van der Waals surface area contributed by atoms with Crippen LogP contribution < -0.4 is 168 Å². The van der Waals surface area contributed by atoms with Crippen LogP contribution in [0.15, 0.2) is 146 Å². The van der Waals surface area contributed by atoms with Crippen LogP contribution >= 0.6 is 22.8 Å². The number of rotatable bonds is 24. The molecule has 3 unspecified atom stereocenters. The Balaban J connectivity index is 0.000000664. The SMILES string of the molecule is O=P(O)(O)C(CCCc1cccc(Oc2cccc(C(F)(F)F)c2)c1)S(=O)(=O)[O-].O=P(O)(O)C(CCCc1cccc(Oc2cccc(C(F)(F)F)c2)c1)S(=O)(=O)[O-].O=P(O)(O)C(CCCc1cccc(Oc2cccc(C(F)(F)F)c2)c1)S(=O)(=O)[O-].[K+].[K+].[K+]. The summed E-state index contributed by atoms with van der Waals surface area (Å²) in [5.41, 5.74) is -0.845. The van der Waals surface area contributed by atoms with Crippen molar-refractivity contribution in [1.29, 1.82) is 0 Å². The van der Waals surface area contributed by atoms with Crippen molar-refractivity contribution in [2.45, 2.75) is 91.3 Å². The van der Waals surface area contributed by atoms with Crippen LogP contribution in [0, 0.1) is 0 Å². The summed E-state index contributed by atoms with van der Waals surface area (Å²) in [6.45, 7) is 0. The molecular weight excluding hydrogens is 1430 g/mol. The second kappa shape index (κ2) is 37.2. The standard InChI is InChI=1S/3C17H18F3O7PS.3K/c3*18-17(19,20)13-6-3-8-15(11-13)27-14-7-1-4-12(10-14)5-2-9-16(28(21,22)23)29(24,25)26;;;/h3*1,3-4,6-8,10-11,16H,2,5,9H2,(H2,21,22,23)(H,24,25,26);;;/q;;;3*+1/p-3. The van der Waals surface area contributed by atoms with E-state index < -0.39 is 123 Å². The maximum absolute atomic E-state index is 12.8. The van der Waals surface area contributed by atoms with Gasteiger partial charge >= 0.3 is 195 Å². The number of hydrogen-bond acceptors (Lipinski definition) is 15. The van der Waals surface area contributed by atoms with E-state index in [1.54, 1.807) is 36.4 Å². The molecule has 0 spiro atoms. The number of alkyl halides is 9. The topological polar surface area (TPSA) is 372 Å². The Morgan fingerprint density at radius 1 is 0.356 bits per heavy atom.